The molecule has 31 heavy (non-hydrogen) atoms. The molecule has 0 spiro atoms. The average Bonchev–Trinajstić information content (AvgIpc) is 2.73. The van der Waals surface area contributed by atoms with E-state index in [0.29, 0.717) is 33.7 Å². The summed E-state index contributed by atoms with van der Waals surface area (Å²) >= 11 is 16.0. The van der Waals surface area contributed by atoms with Crippen molar-refractivity contribution in [1.29, 1.82) is 0 Å². The smallest absolute Gasteiger partial charge is 0.335 e. The molecule has 3 aromatic rings. The van der Waals surface area contributed by atoms with Gasteiger partial charge in [-0.25, -0.2) is 4.79 Å². The van der Waals surface area contributed by atoms with Crippen LogP contribution in [0.1, 0.15) is 27.0 Å². The van der Waals surface area contributed by atoms with E-state index in [4.69, 9.17) is 37.8 Å². The van der Waals surface area contributed by atoms with Gasteiger partial charge in [0.05, 0.1) is 12.7 Å². The molecule has 0 radical (unpaired) electrons. The van der Waals surface area contributed by atoms with Crippen molar-refractivity contribution < 1.29 is 19.4 Å². The van der Waals surface area contributed by atoms with E-state index in [2.05, 4.69) is 21.2 Å². The van der Waals surface area contributed by atoms with E-state index in [1.54, 1.807) is 43.5 Å². The van der Waals surface area contributed by atoms with Crippen molar-refractivity contribution in [2.24, 2.45) is 0 Å². The zero-order valence-corrected chi connectivity index (χ0v) is 19.9. The predicted octanol–water partition coefficient (Wildman–Crippen LogP) is 6.96. The largest absolute Gasteiger partial charge is 0.493 e. The zero-order valence-electron chi connectivity index (χ0n) is 16.8. The molecule has 2 N–H and O–H groups in total. The monoisotopic (exact) mass is 523 g/mol. The van der Waals surface area contributed by atoms with Gasteiger partial charge in [0.15, 0.2) is 11.5 Å². The minimum absolute atomic E-state index is 0.202. The molecule has 0 bridgehead atoms. The van der Waals surface area contributed by atoms with Crippen molar-refractivity contribution in [2.75, 3.05) is 12.4 Å². The predicted molar refractivity (Wildman–Crippen MR) is 127 cm³/mol. The van der Waals surface area contributed by atoms with Gasteiger partial charge in [-0.1, -0.05) is 45.2 Å². The number of hydrogen-bond donors (Lipinski definition) is 2. The number of hydrogen-bond acceptors (Lipinski definition) is 4. The van der Waals surface area contributed by atoms with Crippen molar-refractivity contribution in [1.82, 2.24) is 0 Å². The van der Waals surface area contributed by atoms with Crippen molar-refractivity contribution in [3.63, 3.8) is 0 Å². The molecule has 5 nitrogen and oxygen atoms in total. The number of carboxylic acid groups (broad SMARTS) is 1. The fraction of sp³-hybridized carbons (Fsp3) is 0.174. The van der Waals surface area contributed by atoms with Gasteiger partial charge in [-0.3, -0.25) is 0 Å². The molecular weight excluding hydrogens is 505 g/mol. The van der Waals surface area contributed by atoms with Crippen LogP contribution in [0, 0.1) is 6.92 Å². The number of aromatic carboxylic acids is 1. The Morgan fingerprint density at radius 2 is 1.81 bits per heavy atom. The van der Waals surface area contributed by atoms with Crippen LogP contribution in [-0.4, -0.2) is 18.2 Å². The normalized spacial score (nSPS) is 10.6. The van der Waals surface area contributed by atoms with Crippen LogP contribution in [0.4, 0.5) is 5.69 Å². The van der Waals surface area contributed by atoms with Crippen molar-refractivity contribution in [2.45, 2.75) is 20.1 Å². The van der Waals surface area contributed by atoms with Crippen molar-refractivity contribution in [3.8, 4) is 11.5 Å². The van der Waals surface area contributed by atoms with Crippen LogP contribution >= 0.6 is 39.1 Å². The Kier molecular flexibility index (Phi) is 7.70. The summed E-state index contributed by atoms with van der Waals surface area (Å²) in [4.78, 5) is 11.1. The highest BCUT2D eigenvalue weighted by molar-refractivity contribution is 9.10. The molecule has 3 rings (SSSR count). The highest BCUT2D eigenvalue weighted by Crippen LogP contribution is 2.35. The molecule has 0 aliphatic heterocycles. The molecule has 0 unspecified atom stereocenters. The third-order valence-electron chi connectivity index (χ3n) is 4.71. The number of ether oxygens (including phenoxy) is 2. The number of methoxy groups -OCH3 is 1. The lowest BCUT2D eigenvalue weighted by Gasteiger charge is -2.16. The van der Waals surface area contributed by atoms with E-state index in [-0.39, 0.29) is 12.2 Å². The first kappa shape index (κ1) is 23.3. The van der Waals surface area contributed by atoms with Gasteiger partial charge in [0.1, 0.15) is 6.61 Å². The number of nitrogens with one attached hydrogen (secondary N) is 1. The van der Waals surface area contributed by atoms with Crippen LogP contribution in [0.25, 0.3) is 0 Å². The van der Waals surface area contributed by atoms with Gasteiger partial charge in [-0.05, 0) is 60.5 Å². The van der Waals surface area contributed by atoms with Gasteiger partial charge in [-0.15, -0.1) is 0 Å². The number of carboxylic acids is 1. The third kappa shape index (κ3) is 5.64. The minimum atomic E-state index is -0.948. The molecule has 0 saturated heterocycles. The number of halogens is 3. The SMILES string of the molecule is COc1cc(CNc2ccc(C(=O)O)cc2C)c(Br)cc1OCc1c(Cl)cccc1Cl. The Hall–Kier alpha value is -2.41. The molecule has 3 aromatic carbocycles. The summed E-state index contributed by atoms with van der Waals surface area (Å²) in [5.41, 5.74) is 3.60. The second-order valence-electron chi connectivity index (χ2n) is 6.77. The molecule has 0 atom stereocenters. The molecular formula is C23H20BrCl2NO4. The first-order chi connectivity index (χ1) is 14.8. The van der Waals surface area contributed by atoms with Crippen molar-refractivity contribution >= 4 is 50.8 Å². The Bertz CT molecular complexity index is 1100. The van der Waals surface area contributed by atoms with E-state index in [1.165, 1.54) is 0 Å². The van der Waals surface area contributed by atoms with Crippen LogP contribution in [-0.2, 0) is 13.2 Å². The second kappa shape index (κ2) is 10.3. The lowest BCUT2D eigenvalue weighted by Crippen LogP contribution is -2.05. The average molecular weight is 525 g/mol. The van der Waals surface area contributed by atoms with Crippen LogP contribution in [0.15, 0.2) is 53.0 Å². The van der Waals surface area contributed by atoms with Gasteiger partial charge in [0, 0.05) is 32.3 Å². The lowest BCUT2D eigenvalue weighted by atomic mass is 10.1. The third-order valence-corrected chi connectivity index (χ3v) is 6.16. The minimum Gasteiger partial charge on any atom is -0.493 e. The zero-order chi connectivity index (χ0) is 22.5. The molecule has 0 heterocycles. The fourth-order valence-electron chi connectivity index (χ4n) is 2.99. The van der Waals surface area contributed by atoms with Gasteiger partial charge in [0.2, 0.25) is 0 Å². The summed E-state index contributed by atoms with van der Waals surface area (Å²) in [6, 6.07) is 14.0. The molecule has 8 heteroatoms. The Morgan fingerprint density at radius 1 is 1.10 bits per heavy atom. The van der Waals surface area contributed by atoms with Gasteiger partial charge < -0.3 is 19.9 Å². The Labute approximate surface area is 199 Å². The first-order valence-electron chi connectivity index (χ1n) is 9.30. The Balaban J connectivity index is 1.75. The molecule has 162 valence electrons. The number of carbonyl (C=O) groups is 1. The first-order valence-corrected chi connectivity index (χ1v) is 10.8. The standard InChI is InChI=1S/C23H20BrCl2NO4/c1-13-8-14(23(28)29)6-7-20(13)27-11-15-9-21(30-2)22(10-17(15)24)31-12-16-18(25)4-3-5-19(16)26/h3-10,27H,11-12H2,1-2H3,(H,28,29). The number of anilines is 1. The van der Waals surface area contributed by atoms with E-state index in [1.807, 2.05) is 19.1 Å². The maximum absolute atomic E-state index is 11.1. The van der Waals surface area contributed by atoms with Gasteiger partial charge >= 0.3 is 5.97 Å². The summed E-state index contributed by atoms with van der Waals surface area (Å²) in [6.45, 7) is 2.57. The summed E-state index contributed by atoms with van der Waals surface area (Å²) in [5, 5.41) is 13.5. The van der Waals surface area contributed by atoms with Crippen LogP contribution in [0.5, 0.6) is 11.5 Å². The maximum Gasteiger partial charge on any atom is 0.335 e. The number of benzene rings is 3. The highest BCUT2D eigenvalue weighted by atomic mass is 79.9. The summed E-state index contributed by atoms with van der Waals surface area (Å²) in [5.74, 6) is 0.174. The molecule has 0 saturated carbocycles. The summed E-state index contributed by atoms with van der Waals surface area (Å²) in [6.07, 6.45) is 0. The van der Waals surface area contributed by atoms with Gasteiger partial charge in [0.25, 0.3) is 0 Å². The van der Waals surface area contributed by atoms with Crippen LogP contribution in [0.3, 0.4) is 0 Å². The fourth-order valence-corrected chi connectivity index (χ4v) is 3.96. The molecule has 0 aliphatic carbocycles. The van der Waals surface area contributed by atoms with Gasteiger partial charge in [-0.2, -0.15) is 0 Å². The van der Waals surface area contributed by atoms with Crippen molar-refractivity contribution in [3.05, 3.63) is 85.3 Å². The van der Waals surface area contributed by atoms with E-state index < -0.39 is 5.97 Å². The second-order valence-corrected chi connectivity index (χ2v) is 8.44. The molecule has 0 aliphatic rings. The molecule has 0 fully saturated rings. The van der Waals surface area contributed by atoms with E-state index >= 15 is 0 Å². The van der Waals surface area contributed by atoms with Crippen LogP contribution < -0.4 is 14.8 Å². The number of rotatable bonds is 8. The lowest BCUT2D eigenvalue weighted by molar-refractivity contribution is 0.0697. The molecule has 0 amide bonds. The quantitative estimate of drug-likeness (QED) is 0.333. The maximum atomic E-state index is 11.1. The summed E-state index contributed by atoms with van der Waals surface area (Å²) < 4.78 is 12.3. The van der Waals surface area contributed by atoms with E-state index in [0.717, 1.165) is 21.3 Å². The van der Waals surface area contributed by atoms with Crippen LogP contribution in [0.2, 0.25) is 10.0 Å². The highest BCUT2D eigenvalue weighted by Gasteiger charge is 2.13. The topological polar surface area (TPSA) is 67.8 Å². The number of aryl methyl sites for hydroxylation is 1. The summed E-state index contributed by atoms with van der Waals surface area (Å²) in [7, 11) is 1.57. The van der Waals surface area contributed by atoms with E-state index in [9.17, 15) is 4.79 Å². The molecule has 0 aromatic heterocycles. The Morgan fingerprint density at radius 3 is 2.42 bits per heavy atom.